The van der Waals surface area contributed by atoms with Gasteiger partial charge in [-0.2, -0.15) is 0 Å². The minimum atomic E-state index is -0.719. The highest BCUT2D eigenvalue weighted by atomic mass is 16.3. The lowest BCUT2D eigenvalue weighted by molar-refractivity contribution is -0.0339. The molecular formula is C13H20N2O. The number of β-amino-alcohol motifs (C(OH)–C–C–N with tert-alkyl or cyclic N) is 1. The molecule has 1 aromatic carbocycles. The van der Waals surface area contributed by atoms with Crippen molar-refractivity contribution in [2.45, 2.75) is 25.4 Å². The van der Waals surface area contributed by atoms with Crippen LogP contribution in [0.1, 0.15) is 25.3 Å². The number of hydrogen-bond acceptors (Lipinski definition) is 3. The van der Waals surface area contributed by atoms with Crippen molar-refractivity contribution in [3.05, 3.63) is 29.8 Å². The molecule has 1 aliphatic heterocycles. The standard InChI is InChI=1S/C13H20N2O/c1-2-15-8-4-7-13(16,10-15)11-5-3-6-12(14)9-11/h3,5-6,9,16H,2,4,7-8,10,14H2,1H3/t13-/m1/s1. The summed E-state index contributed by atoms with van der Waals surface area (Å²) in [4.78, 5) is 2.28. The van der Waals surface area contributed by atoms with E-state index in [0.717, 1.165) is 37.2 Å². The number of rotatable bonds is 2. The van der Waals surface area contributed by atoms with E-state index < -0.39 is 5.60 Å². The first-order chi connectivity index (χ1) is 7.64. The molecule has 0 spiro atoms. The summed E-state index contributed by atoms with van der Waals surface area (Å²) in [6.07, 6.45) is 1.87. The van der Waals surface area contributed by atoms with Gasteiger partial charge in [0.15, 0.2) is 0 Å². The van der Waals surface area contributed by atoms with E-state index in [1.165, 1.54) is 0 Å². The van der Waals surface area contributed by atoms with Crippen LogP contribution in [0.5, 0.6) is 0 Å². The van der Waals surface area contributed by atoms with Crippen LogP contribution in [0.15, 0.2) is 24.3 Å². The van der Waals surface area contributed by atoms with Gasteiger partial charge in [0.1, 0.15) is 5.60 Å². The summed E-state index contributed by atoms with van der Waals surface area (Å²) in [6.45, 7) is 4.92. The Morgan fingerprint density at radius 1 is 1.50 bits per heavy atom. The summed E-state index contributed by atoms with van der Waals surface area (Å²) in [6, 6.07) is 7.62. The highest BCUT2D eigenvalue weighted by Crippen LogP contribution is 2.32. The van der Waals surface area contributed by atoms with Crippen molar-refractivity contribution in [3.8, 4) is 0 Å². The number of piperidine rings is 1. The molecule has 0 bridgehead atoms. The number of aliphatic hydroxyl groups is 1. The van der Waals surface area contributed by atoms with Crippen LogP contribution in [-0.4, -0.2) is 29.6 Å². The molecular weight excluding hydrogens is 200 g/mol. The Kier molecular flexibility index (Phi) is 3.17. The molecule has 0 radical (unpaired) electrons. The van der Waals surface area contributed by atoms with Gasteiger partial charge in [0.05, 0.1) is 0 Å². The topological polar surface area (TPSA) is 49.5 Å². The minimum absolute atomic E-state index is 0.715. The van der Waals surface area contributed by atoms with Crippen LogP contribution in [0.2, 0.25) is 0 Å². The van der Waals surface area contributed by atoms with Crippen molar-refractivity contribution in [1.29, 1.82) is 0 Å². The van der Waals surface area contributed by atoms with Gasteiger partial charge < -0.3 is 15.7 Å². The van der Waals surface area contributed by atoms with Crippen molar-refractivity contribution in [2.75, 3.05) is 25.4 Å². The molecule has 1 saturated heterocycles. The van der Waals surface area contributed by atoms with Gasteiger partial charge in [-0.15, -0.1) is 0 Å². The average molecular weight is 220 g/mol. The van der Waals surface area contributed by atoms with Crippen LogP contribution in [0.3, 0.4) is 0 Å². The number of nitrogens with zero attached hydrogens (tertiary/aromatic N) is 1. The molecule has 1 aliphatic rings. The molecule has 3 nitrogen and oxygen atoms in total. The molecule has 16 heavy (non-hydrogen) atoms. The molecule has 1 heterocycles. The van der Waals surface area contributed by atoms with E-state index in [4.69, 9.17) is 5.73 Å². The molecule has 1 aromatic rings. The van der Waals surface area contributed by atoms with Gasteiger partial charge in [-0.05, 0) is 43.6 Å². The van der Waals surface area contributed by atoms with Gasteiger partial charge in [-0.1, -0.05) is 19.1 Å². The number of likely N-dealkylation sites (tertiary alicyclic amines) is 1. The van der Waals surface area contributed by atoms with Crippen molar-refractivity contribution >= 4 is 5.69 Å². The van der Waals surface area contributed by atoms with Crippen molar-refractivity contribution < 1.29 is 5.11 Å². The second kappa shape index (κ2) is 4.44. The molecule has 0 unspecified atom stereocenters. The average Bonchev–Trinajstić information content (AvgIpc) is 2.29. The number of likely N-dealkylation sites (N-methyl/N-ethyl adjacent to an activating group) is 1. The third kappa shape index (κ3) is 2.20. The highest BCUT2D eigenvalue weighted by Gasteiger charge is 2.34. The third-order valence-corrected chi connectivity index (χ3v) is 3.42. The van der Waals surface area contributed by atoms with Gasteiger partial charge in [0.25, 0.3) is 0 Å². The van der Waals surface area contributed by atoms with E-state index in [9.17, 15) is 5.11 Å². The molecule has 3 heteroatoms. The lowest BCUT2D eigenvalue weighted by atomic mass is 9.85. The van der Waals surface area contributed by atoms with Crippen LogP contribution in [0, 0.1) is 0 Å². The molecule has 0 aliphatic carbocycles. The predicted octanol–water partition coefficient (Wildman–Crippen LogP) is 1.57. The lowest BCUT2D eigenvalue weighted by Gasteiger charge is -2.39. The fourth-order valence-corrected chi connectivity index (χ4v) is 2.46. The molecule has 88 valence electrons. The van der Waals surface area contributed by atoms with Gasteiger partial charge in [-0.25, -0.2) is 0 Å². The van der Waals surface area contributed by atoms with Crippen LogP contribution >= 0.6 is 0 Å². The minimum Gasteiger partial charge on any atom is -0.399 e. The first-order valence-corrected chi connectivity index (χ1v) is 5.95. The van der Waals surface area contributed by atoms with E-state index in [0.29, 0.717) is 6.54 Å². The Labute approximate surface area is 96.9 Å². The first-order valence-electron chi connectivity index (χ1n) is 5.95. The number of benzene rings is 1. The largest absolute Gasteiger partial charge is 0.399 e. The SMILES string of the molecule is CCN1CCC[C@](O)(c2cccc(N)c2)C1. The second-order valence-electron chi connectivity index (χ2n) is 4.63. The Bertz CT molecular complexity index is 367. The van der Waals surface area contributed by atoms with Gasteiger partial charge in [0.2, 0.25) is 0 Å². The third-order valence-electron chi connectivity index (χ3n) is 3.42. The zero-order valence-electron chi connectivity index (χ0n) is 9.82. The fourth-order valence-electron chi connectivity index (χ4n) is 2.46. The maximum Gasteiger partial charge on any atom is 0.102 e. The van der Waals surface area contributed by atoms with Crippen LogP contribution < -0.4 is 5.73 Å². The molecule has 0 aromatic heterocycles. The van der Waals surface area contributed by atoms with Crippen LogP contribution in [0.4, 0.5) is 5.69 Å². The summed E-state index contributed by atoms with van der Waals surface area (Å²) in [5.74, 6) is 0. The van der Waals surface area contributed by atoms with Crippen molar-refractivity contribution in [3.63, 3.8) is 0 Å². The molecule has 0 amide bonds. The predicted molar refractivity (Wildman–Crippen MR) is 66.1 cm³/mol. The molecule has 0 saturated carbocycles. The van der Waals surface area contributed by atoms with Crippen molar-refractivity contribution in [1.82, 2.24) is 4.90 Å². The zero-order valence-corrected chi connectivity index (χ0v) is 9.82. The summed E-state index contributed by atoms with van der Waals surface area (Å²) in [5.41, 5.74) is 6.72. The normalized spacial score (nSPS) is 26.9. The van der Waals surface area contributed by atoms with E-state index >= 15 is 0 Å². The van der Waals surface area contributed by atoms with Crippen molar-refractivity contribution in [2.24, 2.45) is 0 Å². The second-order valence-corrected chi connectivity index (χ2v) is 4.63. The summed E-state index contributed by atoms with van der Waals surface area (Å²) in [7, 11) is 0. The van der Waals surface area contributed by atoms with E-state index in [1.54, 1.807) is 0 Å². The zero-order chi connectivity index (χ0) is 11.6. The van der Waals surface area contributed by atoms with Gasteiger partial charge in [-0.3, -0.25) is 0 Å². The smallest absolute Gasteiger partial charge is 0.102 e. The van der Waals surface area contributed by atoms with E-state index in [-0.39, 0.29) is 0 Å². The number of nitrogens with two attached hydrogens (primary N) is 1. The van der Waals surface area contributed by atoms with Crippen LogP contribution in [-0.2, 0) is 5.60 Å². The van der Waals surface area contributed by atoms with Gasteiger partial charge in [0, 0.05) is 12.2 Å². The summed E-state index contributed by atoms with van der Waals surface area (Å²) >= 11 is 0. The number of hydrogen-bond donors (Lipinski definition) is 2. The van der Waals surface area contributed by atoms with E-state index in [1.807, 2.05) is 24.3 Å². The van der Waals surface area contributed by atoms with Crippen LogP contribution in [0.25, 0.3) is 0 Å². The molecule has 1 fully saturated rings. The van der Waals surface area contributed by atoms with Gasteiger partial charge >= 0.3 is 0 Å². The Hall–Kier alpha value is -1.06. The first kappa shape index (κ1) is 11.4. The monoisotopic (exact) mass is 220 g/mol. The number of nitrogen functional groups attached to an aromatic ring is 1. The maximum absolute atomic E-state index is 10.7. The Morgan fingerprint density at radius 3 is 3.00 bits per heavy atom. The Morgan fingerprint density at radius 2 is 2.31 bits per heavy atom. The summed E-state index contributed by atoms with van der Waals surface area (Å²) < 4.78 is 0. The fraction of sp³-hybridized carbons (Fsp3) is 0.538. The lowest BCUT2D eigenvalue weighted by Crippen LogP contribution is -2.45. The molecule has 1 atom stereocenters. The number of anilines is 1. The Balaban J connectivity index is 2.23. The molecule has 3 N–H and O–H groups in total. The molecule has 2 rings (SSSR count). The highest BCUT2D eigenvalue weighted by molar-refractivity contribution is 5.42. The summed E-state index contributed by atoms with van der Waals surface area (Å²) in [5, 5.41) is 10.7. The maximum atomic E-state index is 10.7. The van der Waals surface area contributed by atoms with E-state index in [2.05, 4.69) is 11.8 Å². The quantitative estimate of drug-likeness (QED) is 0.744.